The van der Waals surface area contributed by atoms with E-state index in [1.54, 1.807) is 11.3 Å². The van der Waals surface area contributed by atoms with E-state index < -0.39 is 0 Å². The minimum Gasteiger partial charge on any atom is -0.352 e. The van der Waals surface area contributed by atoms with Crippen molar-refractivity contribution in [2.75, 3.05) is 0 Å². The van der Waals surface area contributed by atoms with Crippen LogP contribution in [0.5, 0.6) is 0 Å². The molecule has 0 saturated heterocycles. The summed E-state index contributed by atoms with van der Waals surface area (Å²) in [6.07, 6.45) is 2.85. The Balaban J connectivity index is 1.68. The number of hydrogen-bond acceptors (Lipinski definition) is 3. The lowest BCUT2D eigenvalue weighted by Gasteiger charge is -2.09. The lowest BCUT2D eigenvalue weighted by molar-refractivity contribution is -0.121. The van der Waals surface area contributed by atoms with Gasteiger partial charge < -0.3 is 11.1 Å². The van der Waals surface area contributed by atoms with Crippen molar-refractivity contribution >= 4 is 17.2 Å². The molecule has 2 rings (SSSR count). The van der Waals surface area contributed by atoms with Crippen molar-refractivity contribution in [1.82, 2.24) is 5.32 Å². The van der Waals surface area contributed by atoms with Crippen LogP contribution in [0.3, 0.4) is 0 Å². The first kappa shape index (κ1) is 10.6. The predicted octanol–water partition coefficient (Wildman–Crippen LogP) is 1.49. The van der Waals surface area contributed by atoms with Crippen LogP contribution in [0, 0.1) is 5.92 Å². The Labute approximate surface area is 93.7 Å². The van der Waals surface area contributed by atoms with Gasteiger partial charge in [0.15, 0.2) is 0 Å². The van der Waals surface area contributed by atoms with E-state index in [-0.39, 0.29) is 11.9 Å². The average molecular weight is 224 g/mol. The van der Waals surface area contributed by atoms with Gasteiger partial charge >= 0.3 is 0 Å². The number of nitrogens with two attached hydrogens (primary N) is 1. The quantitative estimate of drug-likeness (QED) is 0.796. The highest BCUT2D eigenvalue weighted by atomic mass is 32.1. The first-order valence-electron chi connectivity index (χ1n) is 5.29. The molecule has 1 aliphatic rings. The van der Waals surface area contributed by atoms with Crippen LogP contribution in [0.1, 0.15) is 24.8 Å². The van der Waals surface area contributed by atoms with Crippen LogP contribution in [0.2, 0.25) is 0 Å². The molecule has 1 saturated carbocycles. The highest BCUT2D eigenvalue weighted by molar-refractivity contribution is 7.07. The molecule has 1 atom stereocenters. The van der Waals surface area contributed by atoms with E-state index in [0.717, 1.165) is 5.56 Å². The van der Waals surface area contributed by atoms with Crippen LogP contribution in [-0.4, -0.2) is 11.9 Å². The molecule has 1 amide bonds. The maximum Gasteiger partial charge on any atom is 0.221 e. The van der Waals surface area contributed by atoms with Crippen LogP contribution in [-0.2, 0) is 11.3 Å². The molecule has 1 unspecified atom stereocenters. The minimum absolute atomic E-state index is 0.0625. The highest BCUT2D eigenvalue weighted by Crippen LogP contribution is 2.32. The standard InChI is InChI=1S/C11H16N2OS/c12-10(9-1-2-9)5-11(14)13-6-8-3-4-15-7-8/h3-4,7,9-10H,1-2,5-6,12H2,(H,13,14). The third kappa shape index (κ3) is 3.32. The van der Waals surface area contributed by atoms with Crippen LogP contribution in [0.4, 0.5) is 0 Å². The number of carbonyl (C=O) groups is 1. The zero-order valence-corrected chi connectivity index (χ0v) is 9.43. The summed E-state index contributed by atoms with van der Waals surface area (Å²) in [5.74, 6) is 0.664. The number of thiophene rings is 1. The molecule has 1 heterocycles. The number of hydrogen-bond donors (Lipinski definition) is 2. The van der Waals surface area contributed by atoms with Crippen LogP contribution in [0.15, 0.2) is 16.8 Å². The third-order valence-corrected chi connectivity index (χ3v) is 3.45. The summed E-state index contributed by atoms with van der Waals surface area (Å²) in [6, 6.07) is 2.08. The third-order valence-electron chi connectivity index (χ3n) is 2.72. The van der Waals surface area contributed by atoms with Gasteiger partial charge in [0.2, 0.25) is 5.91 Å². The van der Waals surface area contributed by atoms with E-state index in [1.807, 2.05) is 16.8 Å². The Hall–Kier alpha value is -0.870. The molecule has 3 nitrogen and oxygen atoms in total. The highest BCUT2D eigenvalue weighted by Gasteiger charge is 2.29. The van der Waals surface area contributed by atoms with Crippen LogP contribution < -0.4 is 11.1 Å². The topological polar surface area (TPSA) is 55.1 Å². The molecule has 1 aromatic heterocycles. The summed E-state index contributed by atoms with van der Waals surface area (Å²) in [5, 5.41) is 6.94. The summed E-state index contributed by atoms with van der Waals surface area (Å²) in [6.45, 7) is 0.625. The summed E-state index contributed by atoms with van der Waals surface area (Å²) < 4.78 is 0. The summed E-state index contributed by atoms with van der Waals surface area (Å²) in [7, 11) is 0. The molecular formula is C11H16N2OS. The SMILES string of the molecule is NC(CC(=O)NCc1ccsc1)C1CC1. The molecule has 82 valence electrons. The molecule has 4 heteroatoms. The van der Waals surface area contributed by atoms with Crippen molar-refractivity contribution in [3.8, 4) is 0 Å². The van der Waals surface area contributed by atoms with E-state index in [9.17, 15) is 4.79 Å². The molecule has 0 aromatic carbocycles. The molecule has 1 aliphatic carbocycles. The van der Waals surface area contributed by atoms with Crippen molar-refractivity contribution in [3.63, 3.8) is 0 Å². The molecule has 1 aromatic rings. The van der Waals surface area contributed by atoms with Crippen molar-refractivity contribution < 1.29 is 4.79 Å². The fraction of sp³-hybridized carbons (Fsp3) is 0.545. The van der Waals surface area contributed by atoms with Crippen molar-refractivity contribution in [3.05, 3.63) is 22.4 Å². The number of carbonyl (C=O) groups excluding carboxylic acids is 1. The Morgan fingerprint density at radius 2 is 2.47 bits per heavy atom. The smallest absolute Gasteiger partial charge is 0.221 e. The Kier molecular flexibility index (Phi) is 3.38. The lowest BCUT2D eigenvalue weighted by Crippen LogP contribution is -2.32. The zero-order valence-electron chi connectivity index (χ0n) is 8.61. The lowest BCUT2D eigenvalue weighted by atomic mass is 10.1. The van der Waals surface area contributed by atoms with Crippen molar-refractivity contribution in [1.29, 1.82) is 0 Å². The molecule has 0 spiro atoms. The second-order valence-corrected chi connectivity index (χ2v) is 4.89. The van der Waals surface area contributed by atoms with Gasteiger partial charge in [-0.25, -0.2) is 0 Å². The second-order valence-electron chi connectivity index (χ2n) is 4.11. The Morgan fingerprint density at radius 1 is 1.67 bits per heavy atom. The molecular weight excluding hydrogens is 208 g/mol. The van der Waals surface area contributed by atoms with E-state index in [4.69, 9.17) is 5.73 Å². The molecule has 15 heavy (non-hydrogen) atoms. The monoisotopic (exact) mass is 224 g/mol. The first-order valence-corrected chi connectivity index (χ1v) is 6.23. The normalized spacial score (nSPS) is 17.4. The Morgan fingerprint density at radius 3 is 3.07 bits per heavy atom. The van der Waals surface area contributed by atoms with Crippen LogP contribution >= 0.6 is 11.3 Å². The summed E-state index contributed by atoms with van der Waals surface area (Å²) in [5.41, 5.74) is 7.03. The van der Waals surface area contributed by atoms with Crippen LogP contribution in [0.25, 0.3) is 0 Å². The maximum atomic E-state index is 11.5. The fourth-order valence-corrected chi connectivity index (χ4v) is 2.24. The zero-order chi connectivity index (χ0) is 10.7. The van der Waals surface area contributed by atoms with Gasteiger partial charge in [-0.2, -0.15) is 11.3 Å². The van der Waals surface area contributed by atoms with Gasteiger partial charge in [0, 0.05) is 19.0 Å². The largest absolute Gasteiger partial charge is 0.352 e. The minimum atomic E-state index is 0.0625. The Bertz CT molecular complexity index is 319. The molecule has 0 radical (unpaired) electrons. The van der Waals surface area contributed by atoms with Gasteiger partial charge in [-0.05, 0) is 41.1 Å². The fourth-order valence-electron chi connectivity index (χ4n) is 1.57. The van der Waals surface area contributed by atoms with E-state index in [2.05, 4.69) is 5.32 Å². The van der Waals surface area contributed by atoms with Gasteiger partial charge in [-0.3, -0.25) is 4.79 Å². The number of rotatable bonds is 5. The number of nitrogens with one attached hydrogen (secondary N) is 1. The average Bonchev–Trinajstić information content (AvgIpc) is 2.93. The molecule has 1 fully saturated rings. The molecule has 0 aliphatic heterocycles. The van der Waals surface area contributed by atoms with Gasteiger partial charge in [0.25, 0.3) is 0 Å². The van der Waals surface area contributed by atoms with E-state index in [0.29, 0.717) is 18.9 Å². The first-order chi connectivity index (χ1) is 7.25. The summed E-state index contributed by atoms with van der Waals surface area (Å²) in [4.78, 5) is 11.5. The van der Waals surface area contributed by atoms with Gasteiger partial charge in [-0.1, -0.05) is 0 Å². The van der Waals surface area contributed by atoms with Gasteiger partial charge in [0.1, 0.15) is 0 Å². The van der Waals surface area contributed by atoms with E-state index >= 15 is 0 Å². The van der Waals surface area contributed by atoms with Gasteiger partial charge in [0.05, 0.1) is 0 Å². The van der Waals surface area contributed by atoms with Gasteiger partial charge in [-0.15, -0.1) is 0 Å². The summed E-state index contributed by atoms with van der Waals surface area (Å²) >= 11 is 1.64. The van der Waals surface area contributed by atoms with Crippen molar-refractivity contribution in [2.45, 2.75) is 31.8 Å². The second kappa shape index (κ2) is 4.77. The van der Waals surface area contributed by atoms with Crippen molar-refractivity contribution in [2.24, 2.45) is 11.7 Å². The predicted molar refractivity (Wildman–Crippen MR) is 61.5 cm³/mol. The maximum absolute atomic E-state index is 11.5. The molecule has 3 N–H and O–H groups in total. The van der Waals surface area contributed by atoms with E-state index in [1.165, 1.54) is 12.8 Å². The number of amides is 1. The molecule has 0 bridgehead atoms.